The van der Waals surface area contributed by atoms with Crippen molar-refractivity contribution in [2.24, 2.45) is 5.73 Å². The molecule has 0 amide bonds. The summed E-state index contributed by atoms with van der Waals surface area (Å²) in [5, 5.41) is 4.87. The summed E-state index contributed by atoms with van der Waals surface area (Å²) in [6, 6.07) is -1.62. The minimum Gasteiger partial charge on any atom is -0.323 e. The second-order valence-corrected chi connectivity index (χ2v) is 2.97. The van der Waals surface area contributed by atoms with E-state index in [4.69, 9.17) is 5.73 Å². The Bertz CT molecular complexity index is 319. The summed E-state index contributed by atoms with van der Waals surface area (Å²) >= 11 is 0. The summed E-state index contributed by atoms with van der Waals surface area (Å²) in [4.78, 5) is 0. The van der Waals surface area contributed by atoms with Crippen molar-refractivity contribution in [3.8, 4) is 0 Å². The lowest BCUT2D eigenvalue weighted by atomic mass is 10.1. The first-order valence-corrected chi connectivity index (χ1v) is 3.95. The van der Waals surface area contributed by atoms with Crippen molar-refractivity contribution >= 4 is 0 Å². The van der Waals surface area contributed by atoms with Crippen molar-refractivity contribution in [3.05, 3.63) is 17.5 Å². The molecular weight excluding hydrogens is 221 g/mol. The van der Waals surface area contributed by atoms with E-state index in [9.17, 15) is 22.0 Å². The second kappa shape index (κ2) is 4.13. The Morgan fingerprint density at radius 2 is 2.00 bits per heavy atom. The third-order valence-corrected chi connectivity index (χ3v) is 1.78. The molecule has 1 atom stereocenters. The quantitative estimate of drug-likeness (QED) is 0.773. The molecule has 0 saturated carbocycles. The molecule has 0 aliphatic heterocycles. The van der Waals surface area contributed by atoms with E-state index in [1.807, 2.05) is 0 Å². The zero-order valence-electron chi connectivity index (χ0n) is 7.35. The van der Waals surface area contributed by atoms with Crippen LogP contribution in [0.25, 0.3) is 0 Å². The van der Waals surface area contributed by atoms with E-state index >= 15 is 0 Å². The summed E-state index contributed by atoms with van der Waals surface area (Å²) in [6.07, 6.45) is -7.21. The number of nitrogens with zero attached hydrogens (tertiary/aromatic N) is 1. The van der Waals surface area contributed by atoms with Gasteiger partial charge >= 0.3 is 6.18 Å². The number of nitrogens with two attached hydrogens (primary N) is 1. The van der Waals surface area contributed by atoms with Gasteiger partial charge in [0, 0.05) is 5.56 Å². The zero-order valence-corrected chi connectivity index (χ0v) is 7.35. The molecule has 1 unspecified atom stereocenters. The Labute approximate surface area is 81.5 Å². The van der Waals surface area contributed by atoms with Crippen LogP contribution in [0.15, 0.2) is 6.20 Å². The Hall–Kier alpha value is -1.18. The molecule has 1 rings (SSSR count). The Kier molecular flexibility index (Phi) is 3.28. The highest BCUT2D eigenvalue weighted by atomic mass is 19.4. The lowest BCUT2D eigenvalue weighted by Crippen LogP contribution is -2.31. The number of nitrogens with one attached hydrogen (secondary N) is 1. The molecule has 0 saturated heterocycles. The van der Waals surface area contributed by atoms with Crippen LogP contribution in [0.4, 0.5) is 22.0 Å². The molecule has 8 heteroatoms. The zero-order chi connectivity index (χ0) is 11.6. The van der Waals surface area contributed by atoms with E-state index in [2.05, 4.69) is 5.10 Å². The average Bonchev–Trinajstić information content (AvgIpc) is 2.50. The van der Waals surface area contributed by atoms with Crippen molar-refractivity contribution in [1.82, 2.24) is 10.2 Å². The topological polar surface area (TPSA) is 54.7 Å². The molecule has 0 aliphatic carbocycles. The van der Waals surface area contributed by atoms with E-state index in [1.54, 1.807) is 5.10 Å². The van der Waals surface area contributed by atoms with Crippen LogP contribution >= 0.6 is 0 Å². The average molecular weight is 229 g/mol. The van der Waals surface area contributed by atoms with Crippen LogP contribution < -0.4 is 5.73 Å². The summed E-state index contributed by atoms with van der Waals surface area (Å²) in [5.74, 6) is 0. The Morgan fingerprint density at radius 3 is 2.47 bits per heavy atom. The van der Waals surface area contributed by atoms with Gasteiger partial charge < -0.3 is 5.73 Å². The first kappa shape index (κ1) is 11.9. The molecular formula is C7H8F5N3. The van der Waals surface area contributed by atoms with E-state index in [-0.39, 0.29) is 5.56 Å². The fraction of sp³-hybridized carbons (Fsp3) is 0.571. The first-order chi connectivity index (χ1) is 6.82. The van der Waals surface area contributed by atoms with Gasteiger partial charge in [-0.1, -0.05) is 0 Å². The lowest BCUT2D eigenvalue weighted by Gasteiger charge is -2.11. The maximum Gasteiger partial charge on any atom is 0.433 e. The first-order valence-electron chi connectivity index (χ1n) is 3.95. The molecule has 0 spiro atoms. The molecule has 15 heavy (non-hydrogen) atoms. The van der Waals surface area contributed by atoms with Crippen molar-refractivity contribution in [3.63, 3.8) is 0 Å². The van der Waals surface area contributed by atoms with Crippen LogP contribution in [0.3, 0.4) is 0 Å². The number of H-pyrrole nitrogens is 1. The predicted molar refractivity (Wildman–Crippen MR) is 41.3 cm³/mol. The van der Waals surface area contributed by atoms with Gasteiger partial charge in [-0.15, -0.1) is 0 Å². The predicted octanol–water partition coefficient (Wildman–Crippen LogP) is 1.56. The van der Waals surface area contributed by atoms with Crippen LogP contribution in [-0.4, -0.2) is 22.7 Å². The molecule has 0 aliphatic rings. The van der Waals surface area contributed by atoms with Crippen molar-refractivity contribution in [2.75, 3.05) is 0 Å². The molecule has 86 valence electrons. The number of alkyl halides is 5. The number of rotatable bonds is 3. The molecule has 3 nitrogen and oxygen atoms in total. The highest BCUT2D eigenvalue weighted by Gasteiger charge is 2.36. The molecule has 0 bridgehead atoms. The van der Waals surface area contributed by atoms with Crippen molar-refractivity contribution < 1.29 is 22.0 Å². The number of hydrogen-bond acceptors (Lipinski definition) is 2. The van der Waals surface area contributed by atoms with Gasteiger partial charge in [-0.05, 0) is 6.42 Å². The number of aromatic amines is 1. The van der Waals surface area contributed by atoms with Crippen molar-refractivity contribution in [2.45, 2.75) is 25.1 Å². The third kappa shape index (κ3) is 2.88. The van der Waals surface area contributed by atoms with E-state index < -0.39 is 30.8 Å². The van der Waals surface area contributed by atoms with Gasteiger partial charge in [0.15, 0.2) is 0 Å². The Morgan fingerprint density at radius 1 is 1.40 bits per heavy atom. The van der Waals surface area contributed by atoms with Gasteiger partial charge in [-0.25, -0.2) is 8.78 Å². The van der Waals surface area contributed by atoms with Crippen LogP contribution in [-0.2, 0) is 12.6 Å². The minimum absolute atomic E-state index is 0.352. The minimum atomic E-state index is -4.63. The Balaban J connectivity index is 2.83. The summed E-state index contributed by atoms with van der Waals surface area (Å²) in [6.45, 7) is 0. The van der Waals surface area contributed by atoms with Gasteiger partial charge in [0.2, 0.25) is 0 Å². The van der Waals surface area contributed by atoms with E-state index in [0.29, 0.717) is 0 Å². The van der Waals surface area contributed by atoms with Crippen molar-refractivity contribution in [1.29, 1.82) is 0 Å². The van der Waals surface area contributed by atoms with Crippen LogP contribution in [0.2, 0.25) is 0 Å². The molecule has 1 aromatic rings. The van der Waals surface area contributed by atoms with Gasteiger partial charge in [-0.2, -0.15) is 18.3 Å². The van der Waals surface area contributed by atoms with Gasteiger partial charge in [0.25, 0.3) is 6.43 Å². The van der Waals surface area contributed by atoms with E-state index in [0.717, 1.165) is 6.20 Å². The van der Waals surface area contributed by atoms with Gasteiger partial charge in [0.05, 0.1) is 12.2 Å². The summed E-state index contributed by atoms with van der Waals surface area (Å²) in [5.41, 5.74) is 3.48. The van der Waals surface area contributed by atoms with Crippen LogP contribution in [0.5, 0.6) is 0 Å². The fourth-order valence-corrected chi connectivity index (χ4v) is 1.05. The molecule has 1 heterocycles. The molecule has 0 aromatic carbocycles. The molecule has 3 N–H and O–H groups in total. The van der Waals surface area contributed by atoms with E-state index in [1.165, 1.54) is 0 Å². The normalized spacial score (nSPS) is 14.6. The van der Waals surface area contributed by atoms with Crippen LogP contribution in [0, 0.1) is 0 Å². The third-order valence-electron chi connectivity index (χ3n) is 1.78. The number of hydrogen-bond donors (Lipinski definition) is 2. The standard InChI is InChI=1S/C7H8F5N3/c8-6(9)4(13)1-3-2-14-15-5(3)7(10,11)12/h2,4,6H,1,13H2,(H,14,15). The highest BCUT2D eigenvalue weighted by molar-refractivity contribution is 5.20. The lowest BCUT2D eigenvalue weighted by molar-refractivity contribution is -0.141. The number of halogens is 5. The van der Waals surface area contributed by atoms with Gasteiger partial charge in [0.1, 0.15) is 5.69 Å². The largest absolute Gasteiger partial charge is 0.433 e. The van der Waals surface area contributed by atoms with Crippen LogP contribution in [0.1, 0.15) is 11.3 Å². The molecule has 1 aromatic heterocycles. The van der Waals surface area contributed by atoms with Gasteiger partial charge in [-0.3, -0.25) is 5.10 Å². The smallest absolute Gasteiger partial charge is 0.323 e. The molecule has 0 fully saturated rings. The highest BCUT2D eigenvalue weighted by Crippen LogP contribution is 2.30. The molecule has 0 radical (unpaired) electrons. The summed E-state index contributed by atoms with van der Waals surface area (Å²) < 4.78 is 60.7. The maximum atomic E-state index is 12.2. The monoisotopic (exact) mass is 229 g/mol. The SMILES string of the molecule is NC(Cc1cn[nH]c1C(F)(F)F)C(F)F. The summed E-state index contributed by atoms with van der Waals surface area (Å²) in [7, 11) is 0. The maximum absolute atomic E-state index is 12.2. The second-order valence-electron chi connectivity index (χ2n) is 2.97. The fourth-order valence-electron chi connectivity index (χ4n) is 1.05. The number of aromatic nitrogens is 2.